The maximum absolute atomic E-state index is 2.42. The van der Waals surface area contributed by atoms with Gasteiger partial charge in [-0.05, 0) is 51.1 Å². The van der Waals surface area contributed by atoms with Crippen LogP contribution < -0.4 is 0 Å². The van der Waals surface area contributed by atoms with E-state index < -0.39 is 0 Å². The molecular weight excluding hydrogens is 256 g/mol. The minimum absolute atomic E-state index is 1.01. The van der Waals surface area contributed by atoms with Crippen molar-refractivity contribution in [3.8, 4) is 0 Å². The third kappa shape index (κ3) is 5.14. The van der Waals surface area contributed by atoms with Gasteiger partial charge in [0.05, 0.1) is 0 Å². The average Bonchev–Trinajstić information content (AvgIpc) is 3.27. The number of aryl methyl sites for hydroxylation is 1. The lowest BCUT2D eigenvalue weighted by molar-refractivity contribution is 0.286. The van der Waals surface area contributed by atoms with Crippen molar-refractivity contribution in [2.24, 2.45) is 0 Å². The molecule has 1 aliphatic rings. The zero-order valence-corrected chi connectivity index (χ0v) is 13.9. The van der Waals surface area contributed by atoms with Crippen LogP contribution >= 0.6 is 0 Å². The first-order chi connectivity index (χ1) is 10.1. The van der Waals surface area contributed by atoms with Gasteiger partial charge < -0.3 is 9.80 Å². The molecular formula is C19H28N2. The Balaban J connectivity index is 1.83. The second-order valence-corrected chi connectivity index (χ2v) is 6.17. The molecule has 0 radical (unpaired) electrons. The van der Waals surface area contributed by atoms with E-state index in [1.54, 1.807) is 5.57 Å². The van der Waals surface area contributed by atoms with Gasteiger partial charge in [0.25, 0.3) is 0 Å². The standard InChI is InChI=1S/C19H28N2/c1-5-18(19-9-7-6-8-16(19)2)15-21(4)13-12-20(3)14-17-10-11-17/h5-10H,11-15H2,1-4H3/b18-5-. The number of hydrogen-bond acceptors (Lipinski definition) is 2. The van der Waals surface area contributed by atoms with Crippen molar-refractivity contribution < 1.29 is 0 Å². The minimum atomic E-state index is 1.01. The van der Waals surface area contributed by atoms with Crippen molar-refractivity contribution in [1.82, 2.24) is 9.80 Å². The van der Waals surface area contributed by atoms with E-state index in [1.807, 2.05) is 0 Å². The second kappa shape index (κ2) is 7.58. The summed E-state index contributed by atoms with van der Waals surface area (Å²) in [5.41, 5.74) is 5.75. The Hall–Kier alpha value is -1.38. The van der Waals surface area contributed by atoms with Crippen LogP contribution in [0.5, 0.6) is 0 Å². The van der Waals surface area contributed by atoms with Crippen LogP contribution in [-0.2, 0) is 0 Å². The smallest absolute Gasteiger partial charge is 0.0234 e. The van der Waals surface area contributed by atoms with E-state index in [1.165, 1.54) is 23.1 Å². The molecule has 2 nitrogen and oxygen atoms in total. The Kier molecular flexibility index (Phi) is 5.77. The molecule has 0 fully saturated rings. The SMILES string of the molecule is C/C=C(/CN(C)CCN(C)CC1=CC1)c1ccccc1C. The van der Waals surface area contributed by atoms with Crippen LogP contribution in [-0.4, -0.2) is 50.1 Å². The van der Waals surface area contributed by atoms with Gasteiger partial charge in [-0.3, -0.25) is 0 Å². The first kappa shape index (κ1) is 16.0. The van der Waals surface area contributed by atoms with Gasteiger partial charge in [-0.2, -0.15) is 0 Å². The molecule has 0 atom stereocenters. The highest BCUT2D eigenvalue weighted by Crippen LogP contribution is 2.20. The predicted octanol–water partition coefficient (Wildman–Crippen LogP) is 3.59. The third-order valence-electron chi connectivity index (χ3n) is 4.11. The summed E-state index contributed by atoms with van der Waals surface area (Å²) in [5.74, 6) is 0. The predicted molar refractivity (Wildman–Crippen MR) is 92.5 cm³/mol. The summed E-state index contributed by atoms with van der Waals surface area (Å²) >= 11 is 0. The molecule has 1 aliphatic carbocycles. The van der Waals surface area contributed by atoms with Crippen molar-refractivity contribution in [2.45, 2.75) is 20.3 Å². The Bertz CT molecular complexity index is 528. The molecule has 2 heteroatoms. The van der Waals surface area contributed by atoms with E-state index in [9.17, 15) is 0 Å². The van der Waals surface area contributed by atoms with Gasteiger partial charge in [0.2, 0.25) is 0 Å². The van der Waals surface area contributed by atoms with E-state index in [0.29, 0.717) is 0 Å². The summed E-state index contributed by atoms with van der Waals surface area (Å²) in [6.07, 6.45) is 5.80. The fraction of sp³-hybridized carbons (Fsp3) is 0.474. The number of nitrogens with zero attached hydrogens (tertiary/aromatic N) is 2. The number of allylic oxidation sites excluding steroid dienone is 2. The van der Waals surface area contributed by atoms with Crippen molar-refractivity contribution in [3.05, 3.63) is 53.1 Å². The Morgan fingerprint density at radius 3 is 2.43 bits per heavy atom. The van der Waals surface area contributed by atoms with Gasteiger partial charge in [0, 0.05) is 26.2 Å². The van der Waals surface area contributed by atoms with Gasteiger partial charge in [-0.15, -0.1) is 0 Å². The van der Waals surface area contributed by atoms with Crippen LogP contribution in [0.4, 0.5) is 0 Å². The summed E-state index contributed by atoms with van der Waals surface area (Å²) in [6.45, 7) is 8.71. The molecule has 0 heterocycles. The molecule has 0 aromatic heterocycles. The average molecular weight is 284 g/mol. The van der Waals surface area contributed by atoms with E-state index in [0.717, 1.165) is 26.2 Å². The maximum atomic E-state index is 2.42. The maximum Gasteiger partial charge on any atom is 0.0234 e. The molecule has 21 heavy (non-hydrogen) atoms. The number of hydrogen-bond donors (Lipinski definition) is 0. The molecule has 1 aromatic carbocycles. The van der Waals surface area contributed by atoms with Crippen molar-refractivity contribution in [3.63, 3.8) is 0 Å². The molecule has 0 unspecified atom stereocenters. The molecule has 0 bridgehead atoms. The topological polar surface area (TPSA) is 6.48 Å². The van der Waals surface area contributed by atoms with Crippen LogP contribution in [0.2, 0.25) is 0 Å². The summed E-state index contributed by atoms with van der Waals surface area (Å²) < 4.78 is 0. The number of rotatable bonds is 8. The fourth-order valence-electron chi connectivity index (χ4n) is 2.60. The molecule has 0 saturated carbocycles. The highest BCUT2D eigenvalue weighted by atomic mass is 15.2. The Morgan fingerprint density at radius 2 is 1.81 bits per heavy atom. The summed E-state index contributed by atoms with van der Waals surface area (Å²) in [6, 6.07) is 8.65. The highest BCUT2D eigenvalue weighted by molar-refractivity contribution is 5.69. The normalized spacial score (nSPS) is 14.8. The zero-order valence-electron chi connectivity index (χ0n) is 13.9. The lowest BCUT2D eigenvalue weighted by Gasteiger charge is -2.23. The third-order valence-corrected chi connectivity index (χ3v) is 4.11. The van der Waals surface area contributed by atoms with Gasteiger partial charge >= 0.3 is 0 Å². The summed E-state index contributed by atoms with van der Waals surface area (Å²) in [5, 5.41) is 0. The molecule has 0 saturated heterocycles. The minimum Gasteiger partial charge on any atom is -0.301 e. The quantitative estimate of drug-likeness (QED) is 0.673. The van der Waals surface area contributed by atoms with E-state index in [4.69, 9.17) is 0 Å². The summed E-state index contributed by atoms with van der Waals surface area (Å²) in [4.78, 5) is 4.83. The molecule has 0 spiro atoms. The van der Waals surface area contributed by atoms with E-state index in [-0.39, 0.29) is 0 Å². The van der Waals surface area contributed by atoms with Crippen molar-refractivity contribution >= 4 is 5.57 Å². The van der Waals surface area contributed by atoms with Crippen molar-refractivity contribution in [2.75, 3.05) is 40.3 Å². The Morgan fingerprint density at radius 1 is 1.14 bits per heavy atom. The molecule has 1 aromatic rings. The van der Waals surface area contributed by atoms with Crippen LogP contribution in [0.25, 0.3) is 5.57 Å². The molecule has 2 rings (SSSR count). The Labute approximate surface area is 129 Å². The van der Waals surface area contributed by atoms with Gasteiger partial charge in [0.15, 0.2) is 0 Å². The lowest BCUT2D eigenvalue weighted by Crippen LogP contribution is -2.32. The second-order valence-electron chi connectivity index (χ2n) is 6.17. The number of benzene rings is 1. The van der Waals surface area contributed by atoms with Crippen LogP contribution in [0.3, 0.4) is 0 Å². The first-order valence-corrected chi connectivity index (χ1v) is 7.86. The van der Waals surface area contributed by atoms with Crippen LogP contribution in [0.1, 0.15) is 24.5 Å². The fourth-order valence-corrected chi connectivity index (χ4v) is 2.60. The number of likely N-dealkylation sites (N-methyl/N-ethyl adjacent to an activating group) is 2. The van der Waals surface area contributed by atoms with Crippen molar-refractivity contribution in [1.29, 1.82) is 0 Å². The van der Waals surface area contributed by atoms with E-state index >= 15 is 0 Å². The van der Waals surface area contributed by atoms with Gasteiger partial charge in [0.1, 0.15) is 0 Å². The highest BCUT2D eigenvalue weighted by Gasteiger charge is 2.11. The molecule has 114 valence electrons. The first-order valence-electron chi connectivity index (χ1n) is 7.86. The molecule has 0 amide bonds. The molecule has 0 aliphatic heterocycles. The van der Waals surface area contributed by atoms with Gasteiger partial charge in [-0.1, -0.05) is 42.0 Å². The van der Waals surface area contributed by atoms with Gasteiger partial charge in [-0.25, -0.2) is 0 Å². The largest absolute Gasteiger partial charge is 0.301 e. The lowest BCUT2D eigenvalue weighted by atomic mass is 10.00. The molecule has 0 N–H and O–H groups in total. The van der Waals surface area contributed by atoms with Crippen LogP contribution in [0, 0.1) is 6.92 Å². The summed E-state index contributed by atoms with van der Waals surface area (Å²) in [7, 11) is 4.43. The monoisotopic (exact) mass is 284 g/mol. The van der Waals surface area contributed by atoms with Crippen LogP contribution in [0.15, 0.2) is 42.0 Å². The van der Waals surface area contributed by atoms with E-state index in [2.05, 4.69) is 74.2 Å². The zero-order chi connectivity index (χ0) is 15.2.